The Kier molecular flexibility index (Phi) is 4.14. The third-order valence-electron chi connectivity index (χ3n) is 3.28. The summed E-state index contributed by atoms with van der Waals surface area (Å²) in [5.74, 6) is -0.436. The highest BCUT2D eigenvalue weighted by atomic mass is 16.5. The van der Waals surface area contributed by atoms with E-state index in [9.17, 15) is 15.0 Å². The molecule has 5 nitrogen and oxygen atoms in total. The lowest BCUT2D eigenvalue weighted by Crippen LogP contribution is -2.36. The van der Waals surface area contributed by atoms with Crippen molar-refractivity contribution in [3.8, 4) is 11.5 Å². The average molecular weight is 288 g/mol. The molecule has 0 aromatic heterocycles. The third-order valence-corrected chi connectivity index (χ3v) is 3.28. The smallest absolute Gasteiger partial charge is 0.345 e. The Balaban J connectivity index is 2.61. The number of hydrogen-bond donors (Lipinski definition) is 2. The summed E-state index contributed by atoms with van der Waals surface area (Å²) in [7, 11) is 2.95. The van der Waals surface area contributed by atoms with E-state index in [1.54, 1.807) is 24.3 Å². The van der Waals surface area contributed by atoms with Crippen molar-refractivity contribution in [2.45, 2.75) is 5.60 Å². The predicted octanol–water partition coefficient (Wildman–Crippen LogP) is 2.02. The van der Waals surface area contributed by atoms with Crippen LogP contribution in [0.5, 0.6) is 11.5 Å². The Hall–Kier alpha value is -2.53. The van der Waals surface area contributed by atoms with Gasteiger partial charge < -0.3 is 19.7 Å². The van der Waals surface area contributed by atoms with Crippen LogP contribution in [0.15, 0.2) is 48.5 Å². The molecule has 5 heteroatoms. The maximum atomic E-state index is 11.7. The van der Waals surface area contributed by atoms with Crippen LogP contribution in [0.2, 0.25) is 0 Å². The second-order valence-corrected chi connectivity index (χ2v) is 4.48. The molecule has 0 bridgehead atoms. The van der Waals surface area contributed by atoms with Crippen LogP contribution in [-0.2, 0) is 10.4 Å². The lowest BCUT2D eigenvalue weighted by atomic mass is 9.86. The van der Waals surface area contributed by atoms with Crippen molar-refractivity contribution in [1.29, 1.82) is 0 Å². The number of aliphatic carboxylic acids is 1. The fourth-order valence-corrected chi connectivity index (χ4v) is 2.11. The fraction of sp³-hybridized carbons (Fsp3) is 0.188. The van der Waals surface area contributed by atoms with E-state index in [2.05, 4.69) is 0 Å². The average Bonchev–Trinajstić information content (AvgIpc) is 2.53. The molecule has 2 N–H and O–H groups in total. The molecule has 0 heterocycles. The van der Waals surface area contributed by atoms with Crippen molar-refractivity contribution in [3.63, 3.8) is 0 Å². The normalized spacial score (nSPS) is 11.0. The van der Waals surface area contributed by atoms with Gasteiger partial charge in [-0.15, -0.1) is 0 Å². The molecule has 0 radical (unpaired) electrons. The minimum atomic E-state index is -2.18. The zero-order valence-electron chi connectivity index (χ0n) is 11.7. The number of methoxy groups -OCH3 is 2. The van der Waals surface area contributed by atoms with Gasteiger partial charge in [-0.25, -0.2) is 4.79 Å². The number of carboxylic acid groups (broad SMARTS) is 1. The Bertz CT molecular complexity index is 603. The van der Waals surface area contributed by atoms with Crippen molar-refractivity contribution < 1.29 is 24.5 Å². The van der Waals surface area contributed by atoms with Crippen LogP contribution in [0.1, 0.15) is 11.1 Å². The van der Waals surface area contributed by atoms with Gasteiger partial charge in [0.1, 0.15) is 11.5 Å². The third kappa shape index (κ3) is 2.68. The molecule has 0 aliphatic rings. The van der Waals surface area contributed by atoms with Crippen LogP contribution < -0.4 is 9.47 Å². The molecule has 2 aromatic carbocycles. The van der Waals surface area contributed by atoms with Gasteiger partial charge in [0.05, 0.1) is 14.2 Å². The first-order valence-electron chi connectivity index (χ1n) is 6.27. The van der Waals surface area contributed by atoms with Gasteiger partial charge in [-0.1, -0.05) is 24.3 Å². The highest BCUT2D eigenvalue weighted by Gasteiger charge is 2.40. The summed E-state index contributed by atoms with van der Waals surface area (Å²) in [6, 6.07) is 12.7. The molecule has 0 unspecified atom stereocenters. The van der Waals surface area contributed by atoms with Crippen molar-refractivity contribution in [1.82, 2.24) is 0 Å². The molecule has 0 spiro atoms. The molecule has 21 heavy (non-hydrogen) atoms. The summed E-state index contributed by atoms with van der Waals surface area (Å²) in [4.78, 5) is 11.7. The monoisotopic (exact) mass is 288 g/mol. The summed E-state index contributed by atoms with van der Waals surface area (Å²) in [5, 5.41) is 20.3. The lowest BCUT2D eigenvalue weighted by Gasteiger charge is -2.25. The fourth-order valence-electron chi connectivity index (χ4n) is 2.11. The van der Waals surface area contributed by atoms with Crippen LogP contribution in [0.3, 0.4) is 0 Å². The van der Waals surface area contributed by atoms with Gasteiger partial charge in [-0.2, -0.15) is 0 Å². The zero-order valence-corrected chi connectivity index (χ0v) is 11.7. The Morgan fingerprint density at radius 1 is 0.952 bits per heavy atom. The minimum Gasteiger partial charge on any atom is -0.497 e. The summed E-state index contributed by atoms with van der Waals surface area (Å²) < 4.78 is 10.2. The second kappa shape index (κ2) is 5.85. The minimum absolute atomic E-state index is 0.211. The molecule has 0 saturated heterocycles. The molecule has 0 aliphatic heterocycles. The summed E-state index contributed by atoms with van der Waals surface area (Å²) in [5.41, 5.74) is -1.76. The van der Waals surface area contributed by atoms with Crippen molar-refractivity contribution in [3.05, 3.63) is 59.7 Å². The first kappa shape index (κ1) is 14.9. The predicted molar refractivity (Wildman–Crippen MR) is 76.6 cm³/mol. The van der Waals surface area contributed by atoms with E-state index >= 15 is 0 Å². The molecule has 2 rings (SSSR count). The standard InChI is InChI=1S/C16H16O5/c1-20-13-7-3-5-11(9-13)16(19,15(17)18)12-6-4-8-14(10-12)21-2/h3-10,19H,1-2H3,(H,17,18). The Morgan fingerprint density at radius 3 is 1.71 bits per heavy atom. The van der Waals surface area contributed by atoms with Crippen LogP contribution in [0, 0.1) is 0 Å². The molecule has 110 valence electrons. The number of carbonyl (C=O) groups is 1. The van der Waals surface area contributed by atoms with Crippen LogP contribution in [0.4, 0.5) is 0 Å². The van der Waals surface area contributed by atoms with E-state index < -0.39 is 11.6 Å². The molecule has 0 aliphatic carbocycles. The number of carboxylic acids is 1. The van der Waals surface area contributed by atoms with Gasteiger partial charge in [-0.3, -0.25) is 0 Å². The maximum absolute atomic E-state index is 11.7. The van der Waals surface area contributed by atoms with E-state index in [1.807, 2.05) is 0 Å². The van der Waals surface area contributed by atoms with Crippen molar-refractivity contribution in [2.75, 3.05) is 14.2 Å². The van der Waals surface area contributed by atoms with E-state index in [1.165, 1.54) is 38.5 Å². The highest BCUT2D eigenvalue weighted by molar-refractivity contribution is 5.84. The number of benzene rings is 2. The summed E-state index contributed by atoms with van der Waals surface area (Å²) in [6.07, 6.45) is 0. The van der Waals surface area contributed by atoms with Gasteiger partial charge in [0.15, 0.2) is 0 Å². The molecule has 0 saturated carbocycles. The Labute approximate surface area is 122 Å². The van der Waals surface area contributed by atoms with E-state index in [0.29, 0.717) is 11.5 Å². The first-order chi connectivity index (χ1) is 10.0. The van der Waals surface area contributed by atoms with Gasteiger partial charge in [0, 0.05) is 11.1 Å². The molecular weight excluding hydrogens is 272 g/mol. The van der Waals surface area contributed by atoms with Crippen molar-refractivity contribution >= 4 is 5.97 Å². The molecule has 0 fully saturated rings. The van der Waals surface area contributed by atoms with Gasteiger partial charge in [-0.05, 0) is 24.3 Å². The van der Waals surface area contributed by atoms with E-state index in [-0.39, 0.29) is 11.1 Å². The Morgan fingerprint density at radius 2 is 1.38 bits per heavy atom. The maximum Gasteiger partial charge on any atom is 0.345 e. The van der Waals surface area contributed by atoms with Crippen LogP contribution >= 0.6 is 0 Å². The number of rotatable bonds is 5. The summed E-state index contributed by atoms with van der Waals surface area (Å²) in [6.45, 7) is 0. The quantitative estimate of drug-likeness (QED) is 0.880. The van der Waals surface area contributed by atoms with Crippen molar-refractivity contribution in [2.24, 2.45) is 0 Å². The molecule has 0 amide bonds. The number of ether oxygens (including phenoxy) is 2. The van der Waals surface area contributed by atoms with E-state index in [4.69, 9.17) is 9.47 Å². The van der Waals surface area contributed by atoms with Gasteiger partial charge in [0.25, 0.3) is 0 Å². The summed E-state index contributed by atoms with van der Waals surface area (Å²) >= 11 is 0. The molecular formula is C16H16O5. The van der Waals surface area contributed by atoms with Crippen LogP contribution in [0.25, 0.3) is 0 Å². The highest BCUT2D eigenvalue weighted by Crippen LogP contribution is 2.33. The zero-order chi connectivity index (χ0) is 15.5. The van der Waals surface area contributed by atoms with Crippen LogP contribution in [-0.4, -0.2) is 30.4 Å². The largest absolute Gasteiger partial charge is 0.497 e. The van der Waals surface area contributed by atoms with E-state index in [0.717, 1.165) is 0 Å². The SMILES string of the molecule is COc1cccc(C(O)(C(=O)O)c2cccc(OC)c2)c1. The molecule has 2 aromatic rings. The van der Waals surface area contributed by atoms with Gasteiger partial charge >= 0.3 is 5.97 Å². The van der Waals surface area contributed by atoms with Gasteiger partial charge in [0.2, 0.25) is 5.60 Å². The molecule has 0 atom stereocenters. The topological polar surface area (TPSA) is 76.0 Å². The first-order valence-corrected chi connectivity index (χ1v) is 6.27. The second-order valence-electron chi connectivity index (χ2n) is 4.48. The lowest BCUT2D eigenvalue weighted by molar-refractivity contribution is -0.155. The number of hydrogen-bond acceptors (Lipinski definition) is 4. The number of aliphatic hydroxyl groups is 1.